The van der Waals surface area contributed by atoms with Crippen LogP contribution in [0, 0.1) is 12.8 Å². The number of piperidine rings is 1. The lowest BCUT2D eigenvalue weighted by atomic mass is 9.96. The Bertz CT molecular complexity index is 557. The first-order valence-corrected chi connectivity index (χ1v) is 9.61. The number of nitrogens with zero attached hydrogens (tertiary/aromatic N) is 2. The van der Waals surface area contributed by atoms with Crippen LogP contribution in [-0.4, -0.2) is 34.8 Å². The number of likely N-dealkylation sites (tertiary alicyclic amines) is 1. The van der Waals surface area contributed by atoms with Crippen LogP contribution in [0.1, 0.15) is 63.9 Å². The molecule has 0 aromatic carbocycles. The average molecular weight is 345 g/mol. The van der Waals surface area contributed by atoms with E-state index >= 15 is 0 Å². The van der Waals surface area contributed by atoms with Gasteiger partial charge in [-0.25, -0.2) is 4.98 Å². The summed E-state index contributed by atoms with van der Waals surface area (Å²) >= 11 is 0. The monoisotopic (exact) mass is 345 g/mol. The lowest BCUT2D eigenvalue weighted by Crippen LogP contribution is -2.43. The van der Waals surface area contributed by atoms with E-state index in [0.717, 1.165) is 37.8 Å². The van der Waals surface area contributed by atoms with E-state index in [2.05, 4.69) is 17.2 Å². The molecule has 1 aliphatic heterocycles. The van der Waals surface area contributed by atoms with E-state index in [1.807, 2.05) is 24.0 Å². The molecule has 0 radical (unpaired) electrons. The van der Waals surface area contributed by atoms with Gasteiger partial charge in [0, 0.05) is 25.7 Å². The van der Waals surface area contributed by atoms with Crippen molar-refractivity contribution in [1.82, 2.24) is 9.88 Å². The molecular weight excluding hydrogens is 314 g/mol. The third-order valence-corrected chi connectivity index (χ3v) is 4.80. The van der Waals surface area contributed by atoms with Gasteiger partial charge in [0.15, 0.2) is 0 Å². The number of rotatable bonds is 8. The van der Waals surface area contributed by atoms with Crippen molar-refractivity contribution >= 4 is 17.6 Å². The molecule has 0 spiro atoms. The molecule has 5 heteroatoms. The van der Waals surface area contributed by atoms with Gasteiger partial charge in [0.05, 0.1) is 5.92 Å². The first-order valence-electron chi connectivity index (χ1n) is 9.61. The molecule has 1 atom stereocenters. The van der Waals surface area contributed by atoms with Crippen molar-refractivity contribution in [1.29, 1.82) is 0 Å². The molecule has 2 heterocycles. The maximum Gasteiger partial charge on any atom is 0.230 e. The molecule has 1 fully saturated rings. The van der Waals surface area contributed by atoms with Gasteiger partial charge in [-0.1, -0.05) is 38.7 Å². The van der Waals surface area contributed by atoms with E-state index in [-0.39, 0.29) is 17.7 Å². The molecule has 0 saturated carbocycles. The summed E-state index contributed by atoms with van der Waals surface area (Å²) < 4.78 is 0. The van der Waals surface area contributed by atoms with Crippen molar-refractivity contribution in [2.75, 3.05) is 18.4 Å². The molecule has 25 heavy (non-hydrogen) atoms. The molecule has 0 bridgehead atoms. The van der Waals surface area contributed by atoms with Crippen LogP contribution in [0.2, 0.25) is 0 Å². The maximum atomic E-state index is 12.5. The zero-order chi connectivity index (χ0) is 18.1. The largest absolute Gasteiger partial charge is 0.342 e. The molecule has 1 saturated heterocycles. The molecule has 0 aliphatic carbocycles. The van der Waals surface area contributed by atoms with Gasteiger partial charge in [-0.3, -0.25) is 9.59 Å². The number of carbonyl (C=O) groups excluding carboxylic acids is 2. The van der Waals surface area contributed by atoms with Crippen LogP contribution in [0.3, 0.4) is 0 Å². The zero-order valence-electron chi connectivity index (χ0n) is 15.6. The fourth-order valence-corrected chi connectivity index (χ4v) is 3.23. The van der Waals surface area contributed by atoms with Gasteiger partial charge in [0.1, 0.15) is 5.82 Å². The molecule has 1 unspecified atom stereocenters. The van der Waals surface area contributed by atoms with Crippen LogP contribution in [0.25, 0.3) is 0 Å². The summed E-state index contributed by atoms with van der Waals surface area (Å²) in [6.07, 6.45) is 9.82. The molecule has 1 aromatic heterocycles. The minimum absolute atomic E-state index is 0.0307. The van der Waals surface area contributed by atoms with E-state index < -0.39 is 0 Å². The predicted molar refractivity (Wildman–Crippen MR) is 100 cm³/mol. The number of carbonyl (C=O) groups is 2. The van der Waals surface area contributed by atoms with Crippen LogP contribution in [0.4, 0.5) is 5.82 Å². The lowest BCUT2D eigenvalue weighted by molar-refractivity contribution is -0.134. The maximum absolute atomic E-state index is 12.5. The van der Waals surface area contributed by atoms with Gasteiger partial charge in [-0.2, -0.15) is 0 Å². The Balaban J connectivity index is 1.78. The smallest absolute Gasteiger partial charge is 0.230 e. The van der Waals surface area contributed by atoms with Crippen molar-refractivity contribution in [3.8, 4) is 0 Å². The number of aromatic nitrogens is 1. The molecule has 1 N–H and O–H groups in total. The average Bonchev–Trinajstić information content (AvgIpc) is 2.63. The van der Waals surface area contributed by atoms with Gasteiger partial charge in [-0.05, 0) is 37.8 Å². The van der Waals surface area contributed by atoms with E-state index in [1.54, 1.807) is 6.20 Å². The summed E-state index contributed by atoms with van der Waals surface area (Å²) in [6, 6.07) is 3.74. The van der Waals surface area contributed by atoms with Crippen molar-refractivity contribution < 1.29 is 9.59 Å². The molecule has 1 aromatic rings. The molecule has 2 rings (SSSR count). The van der Waals surface area contributed by atoms with Crippen molar-refractivity contribution in [2.45, 2.75) is 65.2 Å². The van der Waals surface area contributed by atoms with Crippen LogP contribution in [-0.2, 0) is 9.59 Å². The predicted octanol–water partition coefficient (Wildman–Crippen LogP) is 3.93. The van der Waals surface area contributed by atoms with Gasteiger partial charge < -0.3 is 10.2 Å². The Hall–Kier alpha value is -1.91. The van der Waals surface area contributed by atoms with E-state index in [4.69, 9.17) is 0 Å². The standard InChI is InChI=1S/C20H31N3O2/c1-3-4-5-6-7-10-19(24)23-13-8-9-17(15-23)20(25)22-18-12-11-16(2)14-21-18/h11-12,14,17H,3-10,13,15H2,1-2H3,(H,21,22,25). The van der Waals surface area contributed by atoms with Gasteiger partial charge in [0.2, 0.25) is 11.8 Å². The highest BCUT2D eigenvalue weighted by Crippen LogP contribution is 2.20. The number of pyridine rings is 1. The van der Waals surface area contributed by atoms with Crippen LogP contribution in [0.15, 0.2) is 18.3 Å². The fourth-order valence-electron chi connectivity index (χ4n) is 3.23. The molecule has 138 valence electrons. The van der Waals surface area contributed by atoms with Crippen molar-refractivity contribution in [2.24, 2.45) is 5.92 Å². The Morgan fingerprint density at radius 1 is 1.24 bits per heavy atom. The third kappa shape index (κ3) is 6.48. The molecular formula is C20H31N3O2. The van der Waals surface area contributed by atoms with Crippen molar-refractivity contribution in [3.63, 3.8) is 0 Å². The minimum Gasteiger partial charge on any atom is -0.342 e. The summed E-state index contributed by atoms with van der Waals surface area (Å²) in [4.78, 5) is 30.9. The number of amides is 2. The SMILES string of the molecule is CCCCCCCC(=O)N1CCCC(C(=O)Nc2ccc(C)cn2)C1. The quantitative estimate of drug-likeness (QED) is 0.726. The summed E-state index contributed by atoms with van der Waals surface area (Å²) in [5.74, 6) is 0.607. The first kappa shape index (κ1) is 19.4. The highest BCUT2D eigenvalue weighted by atomic mass is 16.2. The van der Waals surface area contributed by atoms with Gasteiger partial charge in [0.25, 0.3) is 0 Å². The highest BCUT2D eigenvalue weighted by molar-refractivity contribution is 5.92. The first-order chi connectivity index (χ1) is 12.1. The third-order valence-electron chi connectivity index (χ3n) is 4.80. The summed E-state index contributed by atoms with van der Waals surface area (Å²) in [7, 11) is 0. The second-order valence-electron chi connectivity index (χ2n) is 7.05. The number of hydrogen-bond acceptors (Lipinski definition) is 3. The second kappa shape index (κ2) is 10.2. The summed E-state index contributed by atoms with van der Waals surface area (Å²) in [5.41, 5.74) is 1.06. The Morgan fingerprint density at radius 2 is 2.04 bits per heavy atom. The van der Waals surface area contributed by atoms with E-state index in [9.17, 15) is 9.59 Å². The zero-order valence-corrected chi connectivity index (χ0v) is 15.6. The lowest BCUT2D eigenvalue weighted by Gasteiger charge is -2.32. The summed E-state index contributed by atoms with van der Waals surface area (Å²) in [6.45, 7) is 5.47. The van der Waals surface area contributed by atoms with E-state index in [0.29, 0.717) is 18.8 Å². The Morgan fingerprint density at radius 3 is 2.76 bits per heavy atom. The number of unbranched alkanes of at least 4 members (excludes halogenated alkanes) is 4. The van der Waals surface area contributed by atoms with Crippen LogP contribution in [0.5, 0.6) is 0 Å². The number of anilines is 1. The van der Waals surface area contributed by atoms with E-state index in [1.165, 1.54) is 19.3 Å². The summed E-state index contributed by atoms with van der Waals surface area (Å²) in [5, 5.41) is 2.88. The normalized spacial score (nSPS) is 17.4. The van der Waals surface area contributed by atoms with Crippen molar-refractivity contribution in [3.05, 3.63) is 23.9 Å². The fraction of sp³-hybridized carbons (Fsp3) is 0.650. The minimum atomic E-state index is -0.138. The number of nitrogens with one attached hydrogen (secondary N) is 1. The van der Waals surface area contributed by atoms with Crippen LogP contribution < -0.4 is 5.32 Å². The number of aryl methyl sites for hydroxylation is 1. The molecule has 5 nitrogen and oxygen atoms in total. The van der Waals surface area contributed by atoms with Gasteiger partial charge >= 0.3 is 0 Å². The topological polar surface area (TPSA) is 62.3 Å². The van der Waals surface area contributed by atoms with Gasteiger partial charge in [-0.15, -0.1) is 0 Å². The van der Waals surface area contributed by atoms with Crippen LogP contribution >= 0.6 is 0 Å². The number of hydrogen-bond donors (Lipinski definition) is 1. The molecule has 2 amide bonds. The highest BCUT2D eigenvalue weighted by Gasteiger charge is 2.28. The molecule has 1 aliphatic rings. The Labute approximate surface area is 151 Å². The second-order valence-corrected chi connectivity index (χ2v) is 7.05. The Kier molecular flexibility index (Phi) is 7.89.